The summed E-state index contributed by atoms with van der Waals surface area (Å²) in [6, 6.07) is 0.00674. The van der Waals surface area contributed by atoms with E-state index in [0.717, 1.165) is 30.3 Å². The maximum atomic E-state index is 11.9. The zero-order chi connectivity index (χ0) is 13.4. The Kier molecular flexibility index (Phi) is 11.4. The van der Waals surface area contributed by atoms with Gasteiger partial charge in [-0.3, -0.25) is 4.79 Å². The van der Waals surface area contributed by atoms with E-state index in [0.29, 0.717) is 6.04 Å². The van der Waals surface area contributed by atoms with Crippen molar-refractivity contribution in [3.05, 3.63) is 0 Å². The lowest BCUT2D eigenvalue weighted by molar-refractivity contribution is -0.123. The van der Waals surface area contributed by atoms with E-state index in [9.17, 15) is 4.79 Å². The normalized spacial score (nSPS) is 24.4. The second kappa shape index (κ2) is 11.1. The number of carbonyl (C=O) groups excluding carboxylic acids is 1. The lowest BCUT2D eigenvalue weighted by Gasteiger charge is -2.30. The predicted molar refractivity (Wildman–Crippen MR) is 90.5 cm³/mol. The first kappa shape index (κ1) is 19.4. The Bertz CT molecular complexity index is 255. The van der Waals surface area contributed by atoms with E-state index in [1.165, 1.54) is 18.6 Å². The molecule has 114 valence electrons. The molecule has 3 N–H and O–H groups in total. The number of rotatable bonds is 7. The summed E-state index contributed by atoms with van der Waals surface area (Å²) < 4.78 is 0. The van der Waals surface area contributed by atoms with E-state index < -0.39 is 0 Å². The van der Waals surface area contributed by atoms with Crippen LogP contribution in [0.4, 0.5) is 0 Å². The van der Waals surface area contributed by atoms with Gasteiger partial charge in [-0.1, -0.05) is 13.3 Å². The van der Waals surface area contributed by atoms with E-state index in [-0.39, 0.29) is 24.4 Å². The van der Waals surface area contributed by atoms with Gasteiger partial charge in [0.1, 0.15) is 0 Å². The minimum atomic E-state index is -0.336. The standard InChI is InChI=1S/C13H26N2OS2.ClH/c1-3-18-11-6-4-5-10(9-11)15-13(16)12(14)7-8-17-2;/h10-12H,3-9,14H2,1-2H3,(H,15,16);1H/t10?,11?,12-;/m0./s1. The fourth-order valence-corrected chi connectivity index (χ4v) is 4.01. The van der Waals surface area contributed by atoms with Crippen molar-refractivity contribution in [2.75, 3.05) is 17.8 Å². The average Bonchev–Trinajstić information content (AvgIpc) is 2.36. The molecule has 1 aliphatic rings. The first-order chi connectivity index (χ1) is 8.67. The zero-order valence-corrected chi connectivity index (χ0v) is 14.3. The predicted octanol–water partition coefficient (Wildman–Crippen LogP) is 2.67. The summed E-state index contributed by atoms with van der Waals surface area (Å²) in [4.78, 5) is 11.9. The summed E-state index contributed by atoms with van der Waals surface area (Å²) in [5.74, 6) is 2.16. The van der Waals surface area contributed by atoms with Crippen LogP contribution in [0.3, 0.4) is 0 Å². The maximum absolute atomic E-state index is 11.9. The van der Waals surface area contributed by atoms with Crippen LogP contribution in [0.15, 0.2) is 0 Å². The van der Waals surface area contributed by atoms with Crippen LogP contribution in [0.5, 0.6) is 0 Å². The summed E-state index contributed by atoms with van der Waals surface area (Å²) in [5, 5.41) is 3.85. The molecular weight excluding hydrogens is 300 g/mol. The zero-order valence-electron chi connectivity index (χ0n) is 11.9. The van der Waals surface area contributed by atoms with Gasteiger partial charge in [-0.05, 0) is 43.4 Å². The molecule has 0 bridgehead atoms. The van der Waals surface area contributed by atoms with E-state index in [4.69, 9.17) is 5.73 Å². The molecular formula is C13H27ClN2OS2. The second-order valence-electron chi connectivity index (χ2n) is 4.84. The Morgan fingerprint density at radius 2 is 2.21 bits per heavy atom. The average molecular weight is 327 g/mol. The van der Waals surface area contributed by atoms with Gasteiger partial charge in [-0.15, -0.1) is 12.4 Å². The number of thioether (sulfide) groups is 2. The first-order valence-corrected chi connectivity index (χ1v) is 9.28. The Hall–Kier alpha value is 0.420. The Labute approximate surface area is 132 Å². The van der Waals surface area contributed by atoms with E-state index >= 15 is 0 Å². The van der Waals surface area contributed by atoms with E-state index in [1.54, 1.807) is 11.8 Å². The SMILES string of the molecule is CCSC1CCCC(NC(=O)[C@@H](N)CCSC)C1.Cl. The highest BCUT2D eigenvalue weighted by atomic mass is 35.5. The summed E-state index contributed by atoms with van der Waals surface area (Å²) in [6.07, 6.45) is 7.55. The molecule has 19 heavy (non-hydrogen) atoms. The molecule has 0 heterocycles. The number of nitrogens with two attached hydrogens (primary N) is 1. The van der Waals surface area contributed by atoms with E-state index in [2.05, 4.69) is 12.2 Å². The Morgan fingerprint density at radius 1 is 1.47 bits per heavy atom. The summed E-state index contributed by atoms with van der Waals surface area (Å²) in [7, 11) is 0. The number of nitrogens with one attached hydrogen (secondary N) is 1. The third-order valence-corrected chi connectivity index (χ3v) is 5.22. The lowest BCUT2D eigenvalue weighted by atomic mass is 9.94. The van der Waals surface area contributed by atoms with Crippen LogP contribution in [0.1, 0.15) is 39.0 Å². The van der Waals surface area contributed by atoms with E-state index in [1.807, 2.05) is 18.0 Å². The molecule has 0 aromatic carbocycles. The van der Waals surface area contributed by atoms with Gasteiger partial charge in [0.2, 0.25) is 5.91 Å². The molecule has 1 rings (SSSR count). The third-order valence-electron chi connectivity index (χ3n) is 3.34. The molecule has 0 saturated heterocycles. The topological polar surface area (TPSA) is 55.1 Å². The van der Waals surface area contributed by atoms with Crippen LogP contribution in [0, 0.1) is 0 Å². The monoisotopic (exact) mass is 326 g/mol. The van der Waals surface area contributed by atoms with Crippen LogP contribution in [-0.2, 0) is 4.79 Å². The van der Waals surface area contributed by atoms with Crippen molar-refractivity contribution in [3.63, 3.8) is 0 Å². The van der Waals surface area contributed by atoms with Crippen LogP contribution in [0.2, 0.25) is 0 Å². The second-order valence-corrected chi connectivity index (χ2v) is 7.40. The smallest absolute Gasteiger partial charge is 0.237 e. The van der Waals surface area contributed by atoms with Gasteiger partial charge in [-0.25, -0.2) is 0 Å². The molecule has 0 radical (unpaired) electrons. The Balaban J connectivity index is 0.00000324. The fraction of sp³-hybridized carbons (Fsp3) is 0.923. The van der Waals surface area contributed by atoms with Crippen LogP contribution < -0.4 is 11.1 Å². The van der Waals surface area contributed by atoms with Crippen molar-refractivity contribution in [1.82, 2.24) is 5.32 Å². The molecule has 1 aliphatic carbocycles. The quantitative estimate of drug-likeness (QED) is 0.755. The maximum Gasteiger partial charge on any atom is 0.237 e. The highest BCUT2D eigenvalue weighted by molar-refractivity contribution is 7.99. The van der Waals surface area contributed by atoms with Crippen molar-refractivity contribution in [3.8, 4) is 0 Å². The molecule has 0 aromatic rings. The highest BCUT2D eigenvalue weighted by Gasteiger charge is 2.24. The van der Waals surface area contributed by atoms with Crippen molar-refractivity contribution in [2.24, 2.45) is 5.73 Å². The summed E-state index contributed by atoms with van der Waals surface area (Å²) in [5.41, 5.74) is 5.88. The number of hydrogen-bond acceptors (Lipinski definition) is 4. The number of carbonyl (C=O) groups is 1. The molecule has 3 nitrogen and oxygen atoms in total. The lowest BCUT2D eigenvalue weighted by Crippen LogP contribution is -2.47. The molecule has 2 unspecified atom stereocenters. The number of amides is 1. The van der Waals surface area contributed by atoms with Crippen molar-refractivity contribution >= 4 is 41.8 Å². The summed E-state index contributed by atoms with van der Waals surface area (Å²) in [6.45, 7) is 2.20. The molecule has 3 atom stereocenters. The molecule has 0 aliphatic heterocycles. The third kappa shape index (κ3) is 7.69. The molecule has 1 fully saturated rings. The van der Waals surface area contributed by atoms with Gasteiger partial charge in [0.25, 0.3) is 0 Å². The van der Waals surface area contributed by atoms with Gasteiger partial charge in [-0.2, -0.15) is 23.5 Å². The molecule has 1 saturated carbocycles. The van der Waals surface area contributed by atoms with Gasteiger partial charge in [0, 0.05) is 11.3 Å². The van der Waals surface area contributed by atoms with Crippen LogP contribution in [-0.4, -0.2) is 41.0 Å². The van der Waals surface area contributed by atoms with Gasteiger partial charge < -0.3 is 11.1 Å². The van der Waals surface area contributed by atoms with Crippen LogP contribution >= 0.6 is 35.9 Å². The Morgan fingerprint density at radius 3 is 2.84 bits per heavy atom. The fourth-order valence-electron chi connectivity index (χ4n) is 2.35. The number of halogens is 1. The van der Waals surface area contributed by atoms with Crippen molar-refractivity contribution < 1.29 is 4.79 Å². The minimum Gasteiger partial charge on any atom is -0.352 e. The largest absolute Gasteiger partial charge is 0.352 e. The summed E-state index contributed by atoms with van der Waals surface area (Å²) >= 11 is 3.76. The highest BCUT2D eigenvalue weighted by Crippen LogP contribution is 2.28. The van der Waals surface area contributed by atoms with Gasteiger partial charge in [0.15, 0.2) is 0 Å². The van der Waals surface area contributed by atoms with Crippen LogP contribution in [0.25, 0.3) is 0 Å². The molecule has 6 heteroatoms. The minimum absolute atomic E-state index is 0. The van der Waals surface area contributed by atoms with Crippen molar-refractivity contribution in [1.29, 1.82) is 0 Å². The van der Waals surface area contributed by atoms with Gasteiger partial charge in [0.05, 0.1) is 6.04 Å². The molecule has 0 spiro atoms. The molecule has 0 aromatic heterocycles. The van der Waals surface area contributed by atoms with Crippen molar-refractivity contribution in [2.45, 2.75) is 56.4 Å². The number of hydrogen-bond donors (Lipinski definition) is 2. The first-order valence-electron chi connectivity index (χ1n) is 6.83. The van der Waals surface area contributed by atoms with Gasteiger partial charge >= 0.3 is 0 Å². The molecule has 1 amide bonds.